The molecule has 3 fully saturated rings. The lowest BCUT2D eigenvalue weighted by molar-refractivity contribution is 0.0512. The molecule has 2 aliphatic heterocycles. The number of aryl methyl sites for hydroxylation is 1. The number of rotatable bonds is 4. The minimum Gasteiger partial charge on any atom is -0.391 e. The summed E-state index contributed by atoms with van der Waals surface area (Å²) in [5.74, 6) is 2.51. The number of alkyl halides is 1. The van der Waals surface area contributed by atoms with Gasteiger partial charge in [0.2, 0.25) is 0 Å². The number of piperidine rings is 1. The molecule has 1 saturated carbocycles. The molecule has 2 saturated heterocycles. The first-order valence-corrected chi connectivity index (χ1v) is 12.6. The number of benzene rings is 1. The number of anilines is 2. The van der Waals surface area contributed by atoms with Crippen molar-refractivity contribution >= 4 is 22.5 Å². The van der Waals surface area contributed by atoms with Crippen LogP contribution >= 0.6 is 0 Å². The van der Waals surface area contributed by atoms with Crippen LogP contribution in [-0.2, 0) is 5.67 Å². The van der Waals surface area contributed by atoms with E-state index in [1.165, 1.54) is 11.1 Å². The fourth-order valence-corrected chi connectivity index (χ4v) is 5.73. The normalized spacial score (nSPS) is 22.9. The average Bonchev–Trinajstić information content (AvgIpc) is 3.28. The quantitative estimate of drug-likeness (QED) is 0.611. The van der Waals surface area contributed by atoms with Gasteiger partial charge < -0.3 is 14.9 Å². The molecule has 7 heteroatoms. The summed E-state index contributed by atoms with van der Waals surface area (Å²) < 4.78 is 15.4. The minimum absolute atomic E-state index is 0.313. The maximum atomic E-state index is 15.4. The van der Waals surface area contributed by atoms with Crippen molar-refractivity contribution in [3.05, 3.63) is 53.5 Å². The number of nitrogens with zero attached hydrogens (tertiary/aromatic N) is 5. The molecule has 34 heavy (non-hydrogen) atoms. The molecule has 3 aromatic rings. The second kappa shape index (κ2) is 8.45. The summed E-state index contributed by atoms with van der Waals surface area (Å²) in [5, 5.41) is 10.9. The van der Waals surface area contributed by atoms with Gasteiger partial charge in [0, 0.05) is 31.6 Å². The molecule has 1 aromatic carbocycles. The first kappa shape index (κ1) is 21.7. The third kappa shape index (κ3) is 3.80. The summed E-state index contributed by atoms with van der Waals surface area (Å²) in [6.45, 7) is 5.31. The van der Waals surface area contributed by atoms with Crippen molar-refractivity contribution in [1.82, 2.24) is 15.0 Å². The zero-order chi connectivity index (χ0) is 23.3. The van der Waals surface area contributed by atoms with E-state index in [0.717, 1.165) is 62.3 Å². The van der Waals surface area contributed by atoms with Crippen LogP contribution < -0.4 is 9.80 Å². The predicted molar refractivity (Wildman–Crippen MR) is 132 cm³/mol. The van der Waals surface area contributed by atoms with Crippen LogP contribution in [0.4, 0.5) is 16.0 Å². The van der Waals surface area contributed by atoms with Gasteiger partial charge in [0.05, 0.1) is 17.8 Å². The van der Waals surface area contributed by atoms with Gasteiger partial charge in [-0.25, -0.2) is 19.3 Å². The number of β-amino-alcohol motifs (C(OH)–C–C–N with tert-alkyl or cyclic N) is 1. The van der Waals surface area contributed by atoms with Crippen LogP contribution in [0, 0.1) is 6.92 Å². The Kier molecular flexibility index (Phi) is 5.40. The fraction of sp³-hybridized carbons (Fsp3) is 0.519. The largest absolute Gasteiger partial charge is 0.391 e. The summed E-state index contributed by atoms with van der Waals surface area (Å²) in [7, 11) is 0. The van der Waals surface area contributed by atoms with Gasteiger partial charge in [-0.2, -0.15) is 0 Å². The molecule has 0 radical (unpaired) electrons. The molecular weight excluding hydrogens is 429 g/mol. The van der Waals surface area contributed by atoms with Crippen molar-refractivity contribution in [3.63, 3.8) is 0 Å². The predicted octanol–water partition coefficient (Wildman–Crippen LogP) is 4.64. The molecule has 178 valence electrons. The van der Waals surface area contributed by atoms with Gasteiger partial charge in [-0.15, -0.1) is 0 Å². The lowest BCUT2D eigenvalue weighted by atomic mass is 9.81. The van der Waals surface area contributed by atoms with Crippen LogP contribution in [0.5, 0.6) is 0 Å². The summed E-state index contributed by atoms with van der Waals surface area (Å²) in [4.78, 5) is 18.5. The molecule has 1 N–H and O–H groups in total. The second-order valence-electron chi connectivity index (χ2n) is 10.3. The van der Waals surface area contributed by atoms with E-state index in [0.29, 0.717) is 36.6 Å². The summed E-state index contributed by atoms with van der Waals surface area (Å²) in [5.41, 5.74) is 2.07. The lowest BCUT2D eigenvalue weighted by Crippen LogP contribution is -2.36. The highest BCUT2D eigenvalue weighted by molar-refractivity contribution is 5.91. The van der Waals surface area contributed by atoms with E-state index in [1.807, 2.05) is 6.07 Å². The van der Waals surface area contributed by atoms with E-state index < -0.39 is 5.67 Å². The van der Waals surface area contributed by atoms with Gasteiger partial charge in [-0.05, 0) is 68.6 Å². The Labute approximate surface area is 199 Å². The van der Waals surface area contributed by atoms with Crippen molar-refractivity contribution in [3.8, 4) is 0 Å². The molecular formula is C27H32FN5O. The fourth-order valence-electron chi connectivity index (χ4n) is 5.73. The van der Waals surface area contributed by atoms with E-state index in [9.17, 15) is 5.11 Å². The summed E-state index contributed by atoms with van der Waals surface area (Å²) >= 11 is 0. The molecule has 0 spiro atoms. The lowest BCUT2D eigenvalue weighted by Gasteiger charge is -2.36. The van der Waals surface area contributed by atoms with Crippen molar-refractivity contribution in [1.29, 1.82) is 0 Å². The molecule has 0 bridgehead atoms. The minimum atomic E-state index is -1.42. The molecule has 6 nitrogen and oxygen atoms in total. The molecule has 1 atom stereocenters. The standard InChI is InChI=1S/C27H32FN5O/c1-18-5-2-3-6-21(18)19-7-12-32(13-8-19)25-22-15-24(33-14-9-20(34)17-33)29-16-23(22)30-26(31-25)27(28)10-4-11-27/h2-3,5-6,15-16,19-20,34H,4,7-14,17H2,1H3/t20-/m1/s1. The molecule has 3 aliphatic rings. The van der Waals surface area contributed by atoms with E-state index >= 15 is 4.39 Å². The second-order valence-corrected chi connectivity index (χ2v) is 10.3. The van der Waals surface area contributed by atoms with Crippen molar-refractivity contribution in [2.45, 2.75) is 63.1 Å². The Bertz CT molecular complexity index is 1200. The Hall–Kier alpha value is -2.80. The molecule has 2 aromatic heterocycles. The average molecular weight is 462 g/mol. The maximum Gasteiger partial charge on any atom is 0.170 e. The summed E-state index contributed by atoms with van der Waals surface area (Å²) in [6, 6.07) is 10.7. The van der Waals surface area contributed by atoms with Crippen LogP contribution in [-0.4, -0.2) is 52.3 Å². The number of hydrogen-bond donors (Lipinski definition) is 1. The smallest absolute Gasteiger partial charge is 0.170 e. The Morgan fingerprint density at radius 2 is 1.79 bits per heavy atom. The first-order chi connectivity index (χ1) is 16.5. The Morgan fingerprint density at radius 1 is 1.03 bits per heavy atom. The zero-order valence-electron chi connectivity index (χ0n) is 19.8. The van der Waals surface area contributed by atoms with E-state index in [4.69, 9.17) is 4.98 Å². The number of halogens is 1. The number of aliphatic hydroxyl groups excluding tert-OH is 1. The first-order valence-electron chi connectivity index (χ1n) is 12.6. The number of fused-ring (bicyclic) bond motifs is 1. The van der Waals surface area contributed by atoms with Crippen molar-refractivity contribution in [2.75, 3.05) is 36.0 Å². The third-order valence-electron chi connectivity index (χ3n) is 8.00. The van der Waals surface area contributed by atoms with Crippen LogP contribution in [0.1, 0.15) is 61.4 Å². The van der Waals surface area contributed by atoms with E-state index in [-0.39, 0.29) is 6.10 Å². The monoisotopic (exact) mass is 461 g/mol. The third-order valence-corrected chi connectivity index (χ3v) is 8.00. The number of pyridine rings is 1. The SMILES string of the molecule is Cc1ccccc1C1CCN(c2nc(C3(F)CCC3)nc3cnc(N4CC[C@@H](O)C4)cc23)CC1. The highest BCUT2D eigenvalue weighted by atomic mass is 19.1. The maximum absolute atomic E-state index is 15.4. The Balaban J connectivity index is 1.35. The van der Waals surface area contributed by atoms with Crippen molar-refractivity contribution < 1.29 is 9.50 Å². The van der Waals surface area contributed by atoms with Crippen molar-refractivity contribution in [2.24, 2.45) is 0 Å². The van der Waals surface area contributed by atoms with E-state index in [2.05, 4.69) is 51.0 Å². The van der Waals surface area contributed by atoms with Gasteiger partial charge >= 0.3 is 0 Å². The van der Waals surface area contributed by atoms with E-state index in [1.54, 1.807) is 6.20 Å². The topological polar surface area (TPSA) is 65.4 Å². The summed E-state index contributed by atoms with van der Waals surface area (Å²) in [6.07, 6.45) is 6.13. The van der Waals surface area contributed by atoms with Gasteiger partial charge in [0.25, 0.3) is 0 Å². The Morgan fingerprint density at radius 3 is 2.47 bits per heavy atom. The van der Waals surface area contributed by atoms with Gasteiger partial charge in [-0.1, -0.05) is 24.3 Å². The van der Waals surface area contributed by atoms with Crippen LogP contribution in [0.3, 0.4) is 0 Å². The number of hydrogen-bond acceptors (Lipinski definition) is 6. The molecule has 4 heterocycles. The van der Waals surface area contributed by atoms with Crippen LogP contribution in [0.25, 0.3) is 10.9 Å². The molecule has 6 rings (SSSR count). The zero-order valence-corrected chi connectivity index (χ0v) is 19.8. The van der Waals surface area contributed by atoms with Crippen LogP contribution in [0.15, 0.2) is 36.5 Å². The van der Waals surface area contributed by atoms with Crippen LogP contribution in [0.2, 0.25) is 0 Å². The van der Waals surface area contributed by atoms with Gasteiger partial charge in [0.1, 0.15) is 11.6 Å². The highest BCUT2D eigenvalue weighted by Gasteiger charge is 2.42. The van der Waals surface area contributed by atoms with Gasteiger partial charge in [-0.3, -0.25) is 0 Å². The highest BCUT2D eigenvalue weighted by Crippen LogP contribution is 2.45. The molecule has 1 aliphatic carbocycles. The number of aliphatic hydroxyl groups is 1. The molecule has 0 unspecified atom stereocenters. The van der Waals surface area contributed by atoms with Gasteiger partial charge in [0.15, 0.2) is 11.5 Å². The number of aromatic nitrogens is 3. The molecule has 0 amide bonds.